The van der Waals surface area contributed by atoms with Crippen molar-refractivity contribution in [1.29, 1.82) is 0 Å². The normalized spacial score (nSPS) is 11.7. The third-order valence-corrected chi connectivity index (χ3v) is 6.14. The highest BCUT2D eigenvalue weighted by molar-refractivity contribution is 8.32. The van der Waals surface area contributed by atoms with E-state index in [9.17, 15) is 9.59 Å². The number of carbonyl (C=O) groups excluding carboxylic acids is 2. The van der Waals surface area contributed by atoms with Gasteiger partial charge < -0.3 is 19.5 Å². The van der Waals surface area contributed by atoms with Crippen LogP contribution in [0.4, 0.5) is 4.79 Å². The standard InChI is InChI=1S/C16H31NO5S/c1-6-23(4,5)13-7-9-20-11-12-22-16(19)17-8-10-21-15(18)14(2)3/h2,6-13H2,1,3-5H3,(H,17,19). The molecule has 0 rings (SSSR count). The Morgan fingerprint density at radius 1 is 1.09 bits per heavy atom. The summed E-state index contributed by atoms with van der Waals surface area (Å²) >= 11 is 0. The van der Waals surface area contributed by atoms with Crippen molar-refractivity contribution in [1.82, 2.24) is 5.32 Å². The lowest BCUT2D eigenvalue weighted by molar-refractivity contribution is -0.138. The molecule has 0 heterocycles. The minimum atomic E-state index is -0.545. The first-order valence-corrected chi connectivity index (χ1v) is 10.6. The van der Waals surface area contributed by atoms with E-state index >= 15 is 0 Å². The summed E-state index contributed by atoms with van der Waals surface area (Å²) in [7, 11) is -0.467. The molecule has 0 aliphatic carbocycles. The summed E-state index contributed by atoms with van der Waals surface area (Å²) in [6.45, 7) is 8.83. The number of rotatable bonds is 12. The highest BCUT2D eigenvalue weighted by Gasteiger charge is 2.08. The predicted molar refractivity (Wildman–Crippen MR) is 95.4 cm³/mol. The fourth-order valence-corrected chi connectivity index (χ4v) is 2.65. The third-order valence-electron chi connectivity index (χ3n) is 3.18. The van der Waals surface area contributed by atoms with E-state index in [0.29, 0.717) is 18.8 Å². The molecule has 0 fully saturated rings. The van der Waals surface area contributed by atoms with Crippen molar-refractivity contribution >= 4 is 22.1 Å². The molecule has 23 heavy (non-hydrogen) atoms. The Bertz CT molecular complexity index is 385. The summed E-state index contributed by atoms with van der Waals surface area (Å²) in [6, 6.07) is 0. The highest BCUT2D eigenvalue weighted by Crippen LogP contribution is 2.39. The molecule has 0 atom stereocenters. The average Bonchev–Trinajstić information content (AvgIpc) is 2.50. The van der Waals surface area contributed by atoms with E-state index < -0.39 is 22.1 Å². The van der Waals surface area contributed by atoms with E-state index in [4.69, 9.17) is 14.2 Å². The van der Waals surface area contributed by atoms with Gasteiger partial charge in [0.25, 0.3) is 0 Å². The SMILES string of the molecule is C=C(C)C(=O)OCCNC(=O)OCCOCCCS(C)(C)CC. The van der Waals surface area contributed by atoms with Crippen LogP contribution < -0.4 is 5.32 Å². The van der Waals surface area contributed by atoms with Gasteiger partial charge in [-0.1, -0.05) is 13.5 Å². The fraction of sp³-hybridized carbons (Fsp3) is 0.750. The van der Waals surface area contributed by atoms with Crippen molar-refractivity contribution < 1.29 is 23.8 Å². The minimum Gasteiger partial charge on any atom is -0.460 e. The first kappa shape index (κ1) is 21.8. The number of nitrogens with one attached hydrogen (secondary N) is 1. The van der Waals surface area contributed by atoms with Crippen LogP contribution in [0, 0.1) is 0 Å². The predicted octanol–water partition coefficient (Wildman–Crippen LogP) is 2.32. The van der Waals surface area contributed by atoms with Gasteiger partial charge in [-0.15, -0.1) is 0 Å². The zero-order valence-corrected chi connectivity index (χ0v) is 15.6. The Hall–Kier alpha value is -1.21. The monoisotopic (exact) mass is 349 g/mol. The van der Waals surface area contributed by atoms with Crippen LogP contribution in [0.25, 0.3) is 0 Å². The molecule has 6 nitrogen and oxygen atoms in total. The van der Waals surface area contributed by atoms with Gasteiger partial charge in [-0.05, 0) is 37.4 Å². The molecule has 0 spiro atoms. The molecule has 0 saturated carbocycles. The van der Waals surface area contributed by atoms with Crippen molar-refractivity contribution in [2.24, 2.45) is 0 Å². The van der Waals surface area contributed by atoms with Gasteiger partial charge in [0.05, 0.1) is 13.2 Å². The molecule has 1 N–H and O–H groups in total. The Morgan fingerprint density at radius 3 is 2.39 bits per heavy atom. The summed E-state index contributed by atoms with van der Waals surface area (Å²) in [5, 5.41) is 2.49. The van der Waals surface area contributed by atoms with Crippen LogP contribution in [0.15, 0.2) is 12.2 Å². The van der Waals surface area contributed by atoms with Crippen molar-refractivity contribution in [3.63, 3.8) is 0 Å². The molecule has 7 heteroatoms. The molecule has 0 aromatic carbocycles. The maximum atomic E-state index is 11.3. The van der Waals surface area contributed by atoms with E-state index in [2.05, 4.69) is 31.3 Å². The Morgan fingerprint density at radius 2 is 1.78 bits per heavy atom. The quantitative estimate of drug-likeness (QED) is 0.332. The molecule has 0 aliphatic rings. The number of esters is 1. The smallest absolute Gasteiger partial charge is 0.407 e. The lowest BCUT2D eigenvalue weighted by atomic mass is 10.4. The second-order valence-electron chi connectivity index (χ2n) is 5.70. The largest absolute Gasteiger partial charge is 0.460 e. The molecule has 0 saturated heterocycles. The number of ether oxygens (including phenoxy) is 3. The van der Waals surface area contributed by atoms with Crippen LogP contribution in [0.5, 0.6) is 0 Å². The molecule has 0 radical (unpaired) electrons. The summed E-state index contributed by atoms with van der Waals surface area (Å²) < 4.78 is 15.2. The topological polar surface area (TPSA) is 73.9 Å². The zero-order chi connectivity index (χ0) is 17.7. The summed E-state index contributed by atoms with van der Waals surface area (Å²) in [6.07, 6.45) is 5.15. The van der Waals surface area contributed by atoms with Crippen molar-refractivity contribution in [2.75, 3.05) is 57.0 Å². The zero-order valence-electron chi connectivity index (χ0n) is 14.8. The van der Waals surface area contributed by atoms with Crippen molar-refractivity contribution in [3.8, 4) is 0 Å². The number of amides is 1. The van der Waals surface area contributed by atoms with E-state index in [-0.39, 0.29) is 19.8 Å². The molecular weight excluding hydrogens is 318 g/mol. The van der Waals surface area contributed by atoms with Gasteiger partial charge in [-0.3, -0.25) is 0 Å². The first-order valence-electron chi connectivity index (χ1n) is 7.78. The lowest BCUT2D eigenvalue weighted by Gasteiger charge is -2.29. The van der Waals surface area contributed by atoms with Crippen LogP contribution in [-0.2, 0) is 19.0 Å². The van der Waals surface area contributed by atoms with Gasteiger partial charge in [0, 0.05) is 12.2 Å². The molecule has 0 aromatic rings. The summed E-state index contributed by atoms with van der Waals surface area (Å²) in [5.74, 6) is 1.97. The second-order valence-corrected chi connectivity index (χ2v) is 10.2. The van der Waals surface area contributed by atoms with E-state index in [0.717, 1.165) is 6.42 Å². The van der Waals surface area contributed by atoms with Crippen molar-refractivity contribution in [3.05, 3.63) is 12.2 Å². The van der Waals surface area contributed by atoms with E-state index in [1.54, 1.807) is 6.92 Å². The Kier molecular flexibility index (Phi) is 11.6. The molecular formula is C16H31NO5S. The number of alkyl carbamates (subject to hydrolysis) is 1. The third kappa shape index (κ3) is 13.0. The molecule has 0 aromatic heterocycles. The van der Waals surface area contributed by atoms with Crippen LogP contribution in [-0.4, -0.2) is 69.1 Å². The molecule has 0 aliphatic heterocycles. The van der Waals surface area contributed by atoms with Crippen LogP contribution in [0.2, 0.25) is 0 Å². The molecule has 136 valence electrons. The maximum Gasteiger partial charge on any atom is 0.407 e. The van der Waals surface area contributed by atoms with Crippen molar-refractivity contribution in [2.45, 2.75) is 20.3 Å². The summed E-state index contributed by atoms with van der Waals surface area (Å²) in [4.78, 5) is 22.4. The molecule has 1 amide bonds. The van der Waals surface area contributed by atoms with Gasteiger partial charge in [0.15, 0.2) is 0 Å². The maximum absolute atomic E-state index is 11.3. The van der Waals surface area contributed by atoms with Gasteiger partial charge in [0.2, 0.25) is 0 Å². The van der Waals surface area contributed by atoms with Gasteiger partial charge in [-0.2, -0.15) is 0 Å². The number of carbonyl (C=O) groups is 2. The van der Waals surface area contributed by atoms with Gasteiger partial charge >= 0.3 is 12.1 Å². The van der Waals surface area contributed by atoms with Crippen LogP contribution in [0.3, 0.4) is 0 Å². The van der Waals surface area contributed by atoms with E-state index in [1.807, 2.05) is 0 Å². The Balaban J connectivity index is 3.44. The molecule has 0 unspecified atom stereocenters. The average molecular weight is 349 g/mol. The van der Waals surface area contributed by atoms with Gasteiger partial charge in [0.1, 0.15) is 13.2 Å². The Labute approximate surface area is 141 Å². The number of hydrogen-bond donors (Lipinski definition) is 1. The number of hydrogen-bond acceptors (Lipinski definition) is 5. The van der Waals surface area contributed by atoms with Crippen LogP contribution in [0.1, 0.15) is 20.3 Å². The fourth-order valence-electron chi connectivity index (χ4n) is 1.46. The summed E-state index contributed by atoms with van der Waals surface area (Å²) in [5.41, 5.74) is 0.327. The van der Waals surface area contributed by atoms with E-state index in [1.165, 1.54) is 11.5 Å². The molecule has 0 bridgehead atoms. The highest BCUT2D eigenvalue weighted by atomic mass is 32.3. The lowest BCUT2D eigenvalue weighted by Crippen LogP contribution is -2.29. The van der Waals surface area contributed by atoms with Gasteiger partial charge in [-0.25, -0.2) is 19.6 Å². The minimum absolute atomic E-state index is 0.0901. The van der Waals surface area contributed by atoms with Crippen LogP contribution >= 0.6 is 10.0 Å². The first-order chi connectivity index (χ1) is 10.8. The second kappa shape index (κ2) is 12.2.